The van der Waals surface area contributed by atoms with Gasteiger partial charge in [-0.15, -0.1) is 0 Å². The first-order chi connectivity index (χ1) is 8.69. The molecule has 0 atom stereocenters. The fourth-order valence-corrected chi connectivity index (χ4v) is 1.70. The summed E-state index contributed by atoms with van der Waals surface area (Å²) in [6, 6.07) is 11.2. The van der Waals surface area contributed by atoms with Crippen LogP contribution in [0, 0.1) is 6.92 Å². The van der Waals surface area contributed by atoms with Crippen molar-refractivity contribution < 1.29 is 9.53 Å². The minimum absolute atomic E-state index is 0.0655. The molecule has 18 heavy (non-hydrogen) atoms. The molecule has 0 spiro atoms. The molecule has 92 valence electrons. The standard InChI is InChI=1S/C15H15NO2/c1-11-6-7-13(10-16-11)15(17)9-12-4-3-5-14(8-12)18-2/h3-8,10H,9H2,1-2H3. The molecule has 0 aliphatic carbocycles. The maximum absolute atomic E-state index is 12.0. The molecule has 1 aromatic carbocycles. The van der Waals surface area contributed by atoms with Gasteiger partial charge in [0, 0.05) is 23.9 Å². The highest BCUT2D eigenvalue weighted by molar-refractivity contribution is 5.97. The highest BCUT2D eigenvalue weighted by atomic mass is 16.5. The van der Waals surface area contributed by atoms with Gasteiger partial charge in [-0.05, 0) is 36.8 Å². The first kappa shape index (κ1) is 12.3. The second kappa shape index (κ2) is 5.45. The smallest absolute Gasteiger partial charge is 0.168 e. The summed E-state index contributed by atoms with van der Waals surface area (Å²) in [5.74, 6) is 0.832. The highest BCUT2D eigenvalue weighted by Gasteiger charge is 2.07. The van der Waals surface area contributed by atoms with Crippen molar-refractivity contribution in [3.63, 3.8) is 0 Å². The number of Topliss-reactive ketones (excluding diaryl/α,β-unsaturated/α-hetero) is 1. The number of ketones is 1. The number of nitrogens with zero attached hydrogens (tertiary/aromatic N) is 1. The molecule has 0 N–H and O–H groups in total. The summed E-state index contributed by atoms with van der Waals surface area (Å²) in [5.41, 5.74) is 2.50. The van der Waals surface area contributed by atoms with Crippen LogP contribution in [0.5, 0.6) is 5.75 Å². The summed E-state index contributed by atoms with van der Waals surface area (Å²) >= 11 is 0. The largest absolute Gasteiger partial charge is 0.497 e. The van der Waals surface area contributed by atoms with E-state index in [0.29, 0.717) is 12.0 Å². The van der Waals surface area contributed by atoms with Gasteiger partial charge in [0.15, 0.2) is 5.78 Å². The fourth-order valence-electron chi connectivity index (χ4n) is 1.70. The molecule has 0 bridgehead atoms. The number of ether oxygens (including phenoxy) is 1. The number of carbonyl (C=O) groups is 1. The van der Waals surface area contributed by atoms with Crippen LogP contribution in [-0.2, 0) is 6.42 Å². The van der Waals surface area contributed by atoms with E-state index in [1.54, 1.807) is 13.3 Å². The number of hydrogen-bond donors (Lipinski definition) is 0. The van der Waals surface area contributed by atoms with Crippen LogP contribution in [0.4, 0.5) is 0 Å². The molecular weight excluding hydrogens is 226 g/mol. The van der Waals surface area contributed by atoms with Crippen LogP contribution >= 0.6 is 0 Å². The zero-order chi connectivity index (χ0) is 13.0. The lowest BCUT2D eigenvalue weighted by molar-refractivity contribution is 0.0992. The molecule has 0 saturated carbocycles. The number of pyridine rings is 1. The molecule has 2 rings (SSSR count). The van der Waals surface area contributed by atoms with Crippen molar-refractivity contribution in [1.82, 2.24) is 4.98 Å². The first-order valence-corrected chi connectivity index (χ1v) is 5.78. The van der Waals surface area contributed by atoms with Crippen molar-refractivity contribution in [1.29, 1.82) is 0 Å². The van der Waals surface area contributed by atoms with Gasteiger partial charge in [-0.25, -0.2) is 0 Å². The van der Waals surface area contributed by atoms with Crippen LogP contribution < -0.4 is 4.74 Å². The summed E-state index contributed by atoms with van der Waals surface area (Å²) in [6.45, 7) is 1.90. The van der Waals surface area contributed by atoms with E-state index in [-0.39, 0.29) is 5.78 Å². The Kier molecular flexibility index (Phi) is 3.72. The van der Waals surface area contributed by atoms with Crippen LogP contribution in [0.25, 0.3) is 0 Å². The lowest BCUT2D eigenvalue weighted by atomic mass is 10.0. The number of benzene rings is 1. The number of hydrogen-bond acceptors (Lipinski definition) is 3. The molecular formula is C15H15NO2. The third-order valence-electron chi connectivity index (χ3n) is 2.73. The molecule has 1 aromatic heterocycles. The van der Waals surface area contributed by atoms with E-state index in [0.717, 1.165) is 17.0 Å². The molecule has 1 heterocycles. The monoisotopic (exact) mass is 241 g/mol. The van der Waals surface area contributed by atoms with Crippen molar-refractivity contribution >= 4 is 5.78 Å². The summed E-state index contributed by atoms with van der Waals surface area (Å²) in [5, 5.41) is 0. The zero-order valence-corrected chi connectivity index (χ0v) is 10.5. The van der Waals surface area contributed by atoms with Crippen LogP contribution in [0.15, 0.2) is 42.6 Å². The minimum atomic E-state index is 0.0655. The SMILES string of the molecule is COc1cccc(CC(=O)c2ccc(C)nc2)c1. The Labute approximate surface area is 106 Å². The van der Waals surface area contributed by atoms with Gasteiger partial charge in [0.2, 0.25) is 0 Å². The number of methoxy groups -OCH3 is 1. The van der Waals surface area contributed by atoms with Crippen LogP contribution in [0.2, 0.25) is 0 Å². The van der Waals surface area contributed by atoms with Gasteiger partial charge < -0.3 is 4.74 Å². The summed E-state index contributed by atoms with van der Waals surface area (Å²) in [7, 11) is 1.62. The molecule has 0 aliphatic heterocycles. The Morgan fingerprint density at radius 3 is 2.78 bits per heavy atom. The summed E-state index contributed by atoms with van der Waals surface area (Å²) < 4.78 is 5.13. The normalized spacial score (nSPS) is 10.1. The number of aromatic nitrogens is 1. The van der Waals surface area contributed by atoms with Crippen LogP contribution in [0.3, 0.4) is 0 Å². The van der Waals surface area contributed by atoms with Crippen molar-refractivity contribution in [3.05, 3.63) is 59.4 Å². The lowest BCUT2D eigenvalue weighted by Crippen LogP contribution is -2.04. The van der Waals surface area contributed by atoms with Crippen molar-refractivity contribution in [3.8, 4) is 5.75 Å². The molecule has 0 aliphatic rings. The van der Waals surface area contributed by atoms with E-state index in [1.165, 1.54) is 0 Å². The number of rotatable bonds is 4. The summed E-state index contributed by atoms with van der Waals surface area (Å²) in [4.78, 5) is 16.2. The highest BCUT2D eigenvalue weighted by Crippen LogP contribution is 2.14. The van der Waals surface area contributed by atoms with E-state index in [2.05, 4.69) is 4.98 Å². The third-order valence-corrected chi connectivity index (χ3v) is 2.73. The quantitative estimate of drug-likeness (QED) is 0.773. The fraction of sp³-hybridized carbons (Fsp3) is 0.200. The second-order valence-electron chi connectivity index (χ2n) is 4.14. The molecule has 0 amide bonds. The Bertz CT molecular complexity index is 547. The van der Waals surface area contributed by atoms with Crippen LogP contribution in [0.1, 0.15) is 21.6 Å². The Hall–Kier alpha value is -2.16. The second-order valence-corrected chi connectivity index (χ2v) is 4.14. The molecule has 3 nitrogen and oxygen atoms in total. The molecule has 2 aromatic rings. The van der Waals surface area contributed by atoms with E-state index >= 15 is 0 Å². The Morgan fingerprint density at radius 2 is 2.11 bits per heavy atom. The maximum Gasteiger partial charge on any atom is 0.168 e. The Morgan fingerprint density at radius 1 is 1.28 bits per heavy atom. The molecule has 3 heteroatoms. The maximum atomic E-state index is 12.0. The average molecular weight is 241 g/mol. The van der Waals surface area contributed by atoms with Gasteiger partial charge >= 0.3 is 0 Å². The number of aryl methyl sites for hydroxylation is 1. The molecule has 0 saturated heterocycles. The van der Waals surface area contributed by atoms with Gasteiger partial charge in [0.1, 0.15) is 5.75 Å². The molecule has 0 radical (unpaired) electrons. The topological polar surface area (TPSA) is 39.2 Å². The van der Waals surface area contributed by atoms with Crippen LogP contribution in [-0.4, -0.2) is 17.9 Å². The van der Waals surface area contributed by atoms with Crippen molar-refractivity contribution in [2.45, 2.75) is 13.3 Å². The number of carbonyl (C=O) groups excluding carboxylic acids is 1. The van der Waals surface area contributed by atoms with Gasteiger partial charge in [-0.2, -0.15) is 0 Å². The van der Waals surface area contributed by atoms with Gasteiger partial charge in [-0.3, -0.25) is 9.78 Å². The zero-order valence-electron chi connectivity index (χ0n) is 10.5. The summed E-state index contributed by atoms with van der Waals surface area (Å²) in [6.07, 6.45) is 1.99. The predicted octanol–water partition coefficient (Wildman–Crippen LogP) is 2.82. The minimum Gasteiger partial charge on any atom is -0.497 e. The van der Waals surface area contributed by atoms with Crippen molar-refractivity contribution in [2.24, 2.45) is 0 Å². The third kappa shape index (κ3) is 2.94. The van der Waals surface area contributed by atoms with Gasteiger partial charge in [0.25, 0.3) is 0 Å². The van der Waals surface area contributed by atoms with E-state index in [1.807, 2.05) is 43.3 Å². The predicted molar refractivity (Wildman–Crippen MR) is 70.0 cm³/mol. The Balaban J connectivity index is 2.13. The van der Waals surface area contributed by atoms with E-state index in [9.17, 15) is 4.79 Å². The van der Waals surface area contributed by atoms with Gasteiger partial charge in [0.05, 0.1) is 7.11 Å². The van der Waals surface area contributed by atoms with Gasteiger partial charge in [-0.1, -0.05) is 12.1 Å². The first-order valence-electron chi connectivity index (χ1n) is 5.78. The average Bonchev–Trinajstić information content (AvgIpc) is 2.39. The van der Waals surface area contributed by atoms with Crippen molar-refractivity contribution in [2.75, 3.05) is 7.11 Å². The van der Waals surface area contributed by atoms with E-state index < -0.39 is 0 Å². The molecule has 0 fully saturated rings. The lowest BCUT2D eigenvalue weighted by Gasteiger charge is -2.04. The molecule has 0 unspecified atom stereocenters. The van der Waals surface area contributed by atoms with E-state index in [4.69, 9.17) is 4.74 Å².